The maximum Gasteiger partial charge on any atom is 0.416 e. The molecule has 1 aliphatic heterocycles. The molecule has 0 saturated carbocycles. The van der Waals surface area contributed by atoms with Crippen molar-refractivity contribution in [1.82, 2.24) is 19.5 Å². The topological polar surface area (TPSA) is 99.4 Å². The molecule has 0 spiro atoms. The first-order valence-electron chi connectivity index (χ1n) is 13.8. The number of nitrogens with zero attached hydrogens (tertiary/aromatic N) is 4. The molecular formula is C31H20F8N4O4. The molecule has 6 rings (SSSR count). The van der Waals surface area contributed by atoms with Gasteiger partial charge in [-0.15, -0.1) is 0 Å². The molecule has 3 aromatic carbocycles. The lowest BCUT2D eigenvalue weighted by Gasteiger charge is -2.27. The molecular weight excluding hydrogens is 644 g/mol. The van der Waals surface area contributed by atoms with Crippen LogP contribution >= 0.6 is 0 Å². The molecule has 47 heavy (non-hydrogen) atoms. The Hall–Kier alpha value is -5.12. The Kier molecular flexibility index (Phi) is 8.29. The Labute approximate surface area is 259 Å². The van der Waals surface area contributed by atoms with Crippen LogP contribution in [-0.4, -0.2) is 43.3 Å². The molecule has 0 amide bonds. The summed E-state index contributed by atoms with van der Waals surface area (Å²) in [5.74, 6) is -6.75. The van der Waals surface area contributed by atoms with Crippen LogP contribution in [0.15, 0.2) is 48.7 Å². The molecule has 16 heteroatoms. The van der Waals surface area contributed by atoms with Gasteiger partial charge >= 0.3 is 18.2 Å². The molecule has 1 fully saturated rings. The number of carboxylic acids is 1. The SMILES string of the molecule is O=C(O)c1cc(F)c2nc(Cc3cc(F)c(-c4nc(OCc5ccc(C(F)(F)F)cc5F)ncc4F)cc3F)n(C[C@@H]3CCO3)c2c1. The third-order valence-electron chi connectivity index (χ3n) is 7.51. The van der Waals surface area contributed by atoms with Crippen LogP contribution in [0.1, 0.15) is 39.3 Å². The van der Waals surface area contributed by atoms with E-state index in [-0.39, 0.29) is 58.7 Å². The summed E-state index contributed by atoms with van der Waals surface area (Å²) in [6.07, 6.45) is -4.18. The molecule has 2 aromatic heterocycles. The van der Waals surface area contributed by atoms with E-state index in [1.54, 1.807) is 0 Å². The van der Waals surface area contributed by atoms with Gasteiger partial charge in [-0.2, -0.15) is 18.2 Å². The number of benzene rings is 3. The summed E-state index contributed by atoms with van der Waals surface area (Å²) in [6, 6.07) is 4.61. The third kappa shape index (κ3) is 6.45. The summed E-state index contributed by atoms with van der Waals surface area (Å²) < 4.78 is 125. The smallest absolute Gasteiger partial charge is 0.416 e. The van der Waals surface area contributed by atoms with Crippen molar-refractivity contribution in [3.63, 3.8) is 0 Å². The predicted molar refractivity (Wildman–Crippen MR) is 147 cm³/mol. The van der Waals surface area contributed by atoms with Gasteiger partial charge in [0.25, 0.3) is 0 Å². The summed E-state index contributed by atoms with van der Waals surface area (Å²) in [6.45, 7) is -0.0327. The molecule has 5 aromatic rings. The highest BCUT2D eigenvalue weighted by atomic mass is 19.4. The number of carboxylic acid groups (broad SMARTS) is 1. The number of aromatic carboxylic acids is 1. The van der Waals surface area contributed by atoms with Gasteiger partial charge in [0, 0.05) is 24.2 Å². The highest BCUT2D eigenvalue weighted by molar-refractivity contribution is 5.92. The maximum absolute atomic E-state index is 15.4. The highest BCUT2D eigenvalue weighted by Crippen LogP contribution is 2.32. The van der Waals surface area contributed by atoms with Gasteiger partial charge in [0.15, 0.2) is 11.6 Å². The second kappa shape index (κ2) is 12.2. The first kappa shape index (κ1) is 31.8. The summed E-state index contributed by atoms with van der Waals surface area (Å²) in [7, 11) is 0. The number of fused-ring (bicyclic) bond motifs is 1. The number of ether oxygens (including phenoxy) is 2. The van der Waals surface area contributed by atoms with Crippen LogP contribution in [-0.2, 0) is 30.5 Å². The van der Waals surface area contributed by atoms with Crippen molar-refractivity contribution in [3.05, 3.63) is 106 Å². The van der Waals surface area contributed by atoms with Crippen molar-refractivity contribution >= 4 is 17.0 Å². The van der Waals surface area contributed by atoms with E-state index in [1.165, 1.54) is 10.6 Å². The van der Waals surface area contributed by atoms with E-state index in [9.17, 15) is 36.2 Å². The second-order valence-corrected chi connectivity index (χ2v) is 10.6. The maximum atomic E-state index is 15.4. The zero-order valence-corrected chi connectivity index (χ0v) is 23.7. The lowest BCUT2D eigenvalue weighted by Crippen LogP contribution is -2.31. The van der Waals surface area contributed by atoms with Crippen LogP contribution < -0.4 is 4.74 Å². The average Bonchev–Trinajstić information content (AvgIpc) is 3.33. The van der Waals surface area contributed by atoms with Crippen molar-refractivity contribution in [2.24, 2.45) is 0 Å². The number of imidazole rings is 1. The Morgan fingerprint density at radius 2 is 1.68 bits per heavy atom. The number of alkyl halides is 3. The number of hydrogen-bond donors (Lipinski definition) is 1. The molecule has 1 aliphatic rings. The van der Waals surface area contributed by atoms with Gasteiger partial charge in [-0.05, 0) is 48.4 Å². The highest BCUT2D eigenvalue weighted by Gasteiger charge is 2.31. The fourth-order valence-corrected chi connectivity index (χ4v) is 4.99. The molecule has 1 atom stereocenters. The Morgan fingerprint density at radius 1 is 0.936 bits per heavy atom. The van der Waals surface area contributed by atoms with E-state index in [2.05, 4.69) is 15.0 Å². The number of carbonyl (C=O) groups is 1. The fraction of sp³-hybridized carbons (Fsp3) is 0.226. The van der Waals surface area contributed by atoms with Gasteiger partial charge in [-0.25, -0.2) is 36.7 Å². The predicted octanol–water partition coefficient (Wildman–Crippen LogP) is 6.86. The summed E-state index contributed by atoms with van der Waals surface area (Å²) in [5, 5.41) is 9.39. The standard InChI is InChI=1S/C31H20F8N4O4/c32-20-9-17(31(37,38)39)2-1-14(20)13-47-30-40-11-24(36)27(42-30)19-10-21(33)15(5-22(19)34)8-26-41-28-23(35)6-16(29(44)45)7-25(28)43(26)12-18-3-4-46-18/h1-2,5-7,9-11,18H,3-4,8,12-13H2,(H,44,45)/t18-/m0/s1. The number of halogens is 8. The van der Waals surface area contributed by atoms with E-state index in [4.69, 9.17) is 9.47 Å². The van der Waals surface area contributed by atoms with Crippen LogP contribution in [0, 0.1) is 29.1 Å². The van der Waals surface area contributed by atoms with Gasteiger partial charge in [0.1, 0.15) is 41.1 Å². The molecule has 8 nitrogen and oxygen atoms in total. The fourth-order valence-electron chi connectivity index (χ4n) is 4.99. The lowest BCUT2D eigenvalue weighted by atomic mass is 10.0. The molecule has 0 unspecified atom stereocenters. The van der Waals surface area contributed by atoms with Crippen LogP contribution in [0.25, 0.3) is 22.3 Å². The molecule has 244 valence electrons. The largest absolute Gasteiger partial charge is 0.478 e. The Bertz CT molecular complexity index is 2030. The summed E-state index contributed by atoms with van der Waals surface area (Å²) in [5.41, 5.74) is -3.51. The third-order valence-corrected chi connectivity index (χ3v) is 7.51. The minimum absolute atomic E-state index is 0.0855. The average molecular weight is 665 g/mol. The number of hydrogen-bond acceptors (Lipinski definition) is 6. The molecule has 3 heterocycles. The van der Waals surface area contributed by atoms with Crippen molar-refractivity contribution in [2.45, 2.75) is 38.3 Å². The summed E-state index contributed by atoms with van der Waals surface area (Å²) in [4.78, 5) is 23.1. The molecule has 1 saturated heterocycles. The minimum atomic E-state index is -4.77. The monoisotopic (exact) mass is 664 g/mol. The van der Waals surface area contributed by atoms with Gasteiger partial charge in [0.05, 0.1) is 35.5 Å². The van der Waals surface area contributed by atoms with Crippen LogP contribution in [0.5, 0.6) is 6.01 Å². The first-order valence-corrected chi connectivity index (χ1v) is 13.8. The zero-order valence-electron chi connectivity index (χ0n) is 23.7. The van der Waals surface area contributed by atoms with Crippen molar-refractivity contribution in [1.29, 1.82) is 0 Å². The molecule has 0 aliphatic carbocycles. The number of rotatable bonds is 9. The van der Waals surface area contributed by atoms with E-state index >= 15 is 8.78 Å². The van der Waals surface area contributed by atoms with E-state index in [1.807, 2.05) is 0 Å². The van der Waals surface area contributed by atoms with Crippen LogP contribution in [0.2, 0.25) is 0 Å². The quantitative estimate of drug-likeness (QED) is 0.172. The Balaban J connectivity index is 1.28. The molecule has 0 radical (unpaired) electrons. The van der Waals surface area contributed by atoms with Crippen molar-refractivity contribution in [3.8, 4) is 17.3 Å². The first-order chi connectivity index (χ1) is 22.3. The van der Waals surface area contributed by atoms with E-state index in [0.717, 1.165) is 18.2 Å². The number of aromatic nitrogens is 4. The van der Waals surface area contributed by atoms with Gasteiger partial charge in [-0.1, -0.05) is 6.07 Å². The van der Waals surface area contributed by atoms with E-state index in [0.29, 0.717) is 31.4 Å². The summed E-state index contributed by atoms with van der Waals surface area (Å²) >= 11 is 0. The van der Waals surface area contributed by atoms with Gasteiger partial charge in [-0.3, -0.25) is 0 Å². The van der Waals surface area contributed by atoms with E-state index < -0.39 is 70.7 Å². The molecule has 1 N–H and O–H groups in total. The van der Waals surface area contributed by atoms with Crippen LogP contribution in [0.4, 0.5) is 35.1 Å². The van der Waals surface area contributed by atoms with Gasteiger partial charge in [0.2, 0.25) is 0 Å². The lowest BCUT2D eigenvalue weighted by molar-refractivity contribution is -0.137. The van der Waals surface area contributed by atoms with Crippen molar-refractivity contribution < 1.29 is 54.5 Å². The minimum Gasteiger partial charge on any atom is -0.478 e. The van der Waals surface area contributed by atoms with Crippen LogP contribution in [0.3, 0.4) is 0 Å². The van der Waals surface area contributed by atoms with Crippen molar-refractivity contribution in [2.75, 3.05) is 6.61 Å². The normalized spacial score (nSPS) is 14.8. The Morgan fingerprint density at radius 3 is 2.34 bits per heavy atom. The second-order valence-electron chi connectivity index (χ2n) is 10.6. The van der Waals surface area contributed by atoms with Gasteiger partial charge < -0.3 is 19.1 Å². The zero-order chi connectivity index (χ0) is 33.6. The molecule has 0 bridgehead atoms.